The first-order chi connectivity index (χ1) is 21.1. The molecular weight excluding hydrogens is 590 g/mol. The number of hydrogen-bond acceptors (Lipinski definition) is 13. The number of esters is 2. The van der Waals surface area contributed by atoms with Crippen molar-refractivity contribution in [1.29, 1.82) is 5.26 Å². The Hall–Kier alpha value is -3.99. The van der Waals surface area contributed by atoms with Crippen LogP contribution in [0.2, 0.25) is 0 Å². The Kier molecular flexibility index (Phi) is 6.73. The van der Waals surface area contributed by atoms with Gasteiger partial charge in [0.05, 0.1) is 36.3 Å². The van der Waals surface area contributed by atoms with Crippen molar-refractivity contribution in [3.05, 3.63) is 39.4 Å². The van der Waals surface area contributed by atoms with Gasteiger partial charge in [0.1, 0.15) is 18.4 Å². The Bertz CT molecular complexity index is 1690. The van der Waals surface area contributed by atoms with Crippen molar-refractivity contribution in [3.8, 4) is 34.8 Å². The lowest BCUT2D eigenvalue weighted by molar-refractivity contribution is -0.157. The molecule has 4 bridgehead atoms. The van der Waals surface area contributed by atoms with Gasteiger partial charge in [0, 0.05) is 41.3 Å². The summed E-state index contributed by atoms with van der Waals surface area (Å²) in [7, 11) is 3.45. The first kappa shape index (κ1) is 28.8. The van der Waals surface area contributed by atoms with Crippen LogP contribution in [0, 0.1) is 25.2 Å². The van der Waals surface area contributed by atoms with Gasteiger partial charge < -0.3 is 28.8 Å². The Morgan fingerprint density at radius 1 is 1.14 bits per heavy atom. The number of hydrogen-bond donors (Lipinski definition) is 1. The van der Waals surface area contributed by atoms with Gasteiger partial charge in [0.25, 0.3) is 0 Å². The number of phenols is 1. The lowest BCUT2D eigenvalue weighted by Gasteiger charge is -2.61. The average molecular weight is 622 g/mol. The van der Waals surface area contributed by atoms with E-state index in [4.69, 9.17) is 23.7 Å². The minimum atomic E-state index is -0.949. The van der Waals surface area contributed by atoms with Crippen molar-refractivity contribution in [3.63, 3.8) is 0 Å². The van der Waals surface area contributed by atoms with Crippen LogP contribution in [0.1, 0.15) is 57.6 Å². The van der Waals surface area contributed by atoms with E-state index < -0.39 is 47.1 Å². The van der Waals surface area contributed by atoms with E-state index in [0.717, 1.165) is 11.1 Å². The minimum Gasteiger partial charge on any atom is -0.504 e. The van der Waals surface area contributed by atoms with Crippen LogP contribution in [0.3, 0.4) is 0 Å². The monoisotopic (exact) mass is 621 g/mol. The van der Waals surface area contributed by atoms with E-state index in [0.29, 0.717) is 51.7 Å². The Morgan fingerprint density at radius 2 is 1.89 bits per heavy atom. The van der Waals surface area contributed by atoms with Crippen LogP contribution in [-0.4, -0.2) is 84.1 Å². The summed E-state index contributed by atoms with van der Waals surface area (Å²) in [5.74, 6) is -0.855. The molecule has 0 aliphatic carbocycles. The number of ketones is 1. The van der Waals surface area contributed by atoms with Crippen molar-refractivity contribution in [2.75, 3.05) is 33.3 Å². The topological polar surface area (TPSA) is 148 Å². The van der Waals surface area contributed by atoms with Gasteiger partial charge in [0.15, 0.2) is 23.0 Å². The zero-order valence-corrected chi connectivity index (χ0v) is 25.6. The standard InChI is InChI=1S/C31H31N3O9S/c1-12-6-15-7-16-17(8-32)34-18-9-40-31(38)19(36)10-44-30(24(34)23(33(16)4)20(15)25(37)26(12)39-5)22-21(18)29-28(41-11-42-29)13(2)27(22)43-14(3)35/h6,16-18,23-24,30,37H,7,9-11H2,1-5H3/t16-,17-,18-,23+,24+,30-/m0/s1. The van der Waals surface area contributed by atoms with Crippen LogP contribution in [-0.2, 0) is 25.5 Å². The van der Waals surface area contributed by atoms with Crippen LogP contribution >= 0.6 is 11.8 Å². The number of ether oxygens (including phenoxy) is 5. The normalized spacial score (nSPS) is 28.7. The maximum absolute atomic E-state index is 12.9. The molecule has 44 heavy (non-hydrogen) atoms. The fraction of sp³-hybridized carbons (Fsp3) is 0.484. The van der Waals surface area contributed by atoms with E-state index >= 15 is 0 Å². The zero-order valence-electron chi connectivity index (χ0n) is 24.8. The van der Waals surface area contributed by atoms with Gasteiger partial charge in [-0.1, -0.05) is 6.07 Å². The molecule has 5 aliphatic heterocycles. The third kappa shape index (κ3) is 3.87. The quantitative estimate of drug-likeness (QED) is 0.298. The summed E-state index contributed by atoms with van der Waals surface area (Å²) in [5.41, 5.74) is 4.16. The number of carbonyl (C=O) groups is 3. The number of carbonyl (C=O) groups excluding carboxylic acids is 3. The summed E-state index contributed by atoms with van der Waals surface area (Å²) in [6.45, 7) is 4.65. The molecule has 7 rings (SSSR count). The molecule has 0 amide bonds. The number of piperazine rings is 1. The molecule has 0 radical (unpaired) electrons. The van der Waals surface area contributed by atoms with Crippen molar-refractivity contribution in [2.45, 2.75) is 62.7 Å². The fourth-order valence-electron chi connectivity index (χ4n) is 7.90. The van der Waals surface area contributed by atoms with Crippen LogP contribution < -0.4 is 18.9 Å². The number of likely N-dealkylation sites (N-methyl/N-ethyl adjacent to an activating group) is 1. The molecule has 1 N–H and O–H groups in total. The van der Waals surface area contributed by atoms with Gasteiger partial charge in [0.2, 0.25) is 12.6 Å². The van der Waals surface area contributed by atoms with Gasteiger partial charge in [-0.2, -0.15) is 5.26 Å². The summed E-state index contributed by atoms with van der Waals surface area (Å²) in [6.07, 6.45) is 0.488. The van der Waals surface area contributed by atoms with Crippen molar-refractivity contribution in [2.24, 2.45) is 0 Å². The highest BCUT2D eigenvalue weighted by Gasteiger charge is 2.60. The second kappa shape index (κ2) is 10.3. The molecule has 0 spiro atoms. The van der Waals surface area contributed by atoms with E-state index in [9.17, 15) is 24.8 Å². The lowest BCUT2D eigenvalue weighted by atomic mass is 9.71. The number of nitrogens with zero attached hydrogens (tertiary/aromatic N) is 3. The number of methoxy groups -OCH3 is 1. The van der Waals surface area contributed by atoms with E-state index in [2.05, 4.69) is 15.9 Å². The molecule has 5 aliphatic rings. The summed E-state index contributed by atoms with van der Waals surface area (Å²) in [6, 6.07) is 1.81. The van der Waals surface area contributed by atoms with Gasteiger partial charge >= 0.3 is 11.9 Å². The number of Topliss-reactive ketones (excluding diaryl/α,β-unsaturated/α-hetero) is 1. The smallest absolute Gasteiger partial charge is 0.375 e. The summed E-state index contributed by atoms with van der Waals surface area (Å²) in [5, 5.41) is 21.9. The molecule has 0 saturated carbocycles. The van der Waals surface area contributed by atoms with Crippen molar-refractivity contribution in [1.82, 2.24) is 9.80 Å². The average Bonchev–Trinajstić information content (AvgIpc) is 3.47. The molecule has 2 aromatic carbocycles. The summed E-state index contributed by atoms with van der Waals surface area (Å²) >= 11 is 1.22. The predicted molar refractivity (Wildman–Crippen MR) is 155 cm³/mol. The van der Waals surface area contributed by atoms with E-state index in [-0.39, 0.29) is 30.9 Å². The van der Waals surface area contributed by atoms with Crippen LogP contribution in [0.5, 0.6) is 28.7 Å². The minimum absolute atomic E-state index is 0.0240. The highest BCUT2D eigenvalue weighted by molar-refractivity contribution is 8.00. The molecule has 5 heterocycles. The Labute approximate surface area is 257 Å². The second-order valence-corrected chi connectivity index (χ2v) is 12.9. The molecule has 2 saturated heterocycles. The van der Waals surface area contributed by atoms with Gasteiger partial charge in [-0.05, 0) is 38.4 Å². The fourth-order valence-corrected chi connectivity index (χ4v) is 9.23. The number of aromatic hydroxyl groups is 1. The highest BCUT2D eigenvalue weighted by Crippen LogP contribution is 2.63. The molecule has 2 aromatic rings. The van der Waals surface area contributed by atoms with E-state index in [1.165, 1.54) is 25.8 Å². The van der Waals surface area contributed by atoms with Gasteiger partial charge in [-0.15, -0.1) is 11.8 Å². The maximum atomic E-state index is 12.9. The molecule has 13 heteroatoms. The number of phenolic OH excluding ortho intramolecular Hbond substituents is 1. The highest BCUT2D eigenvalue weighted by atomic mass is 32.2. The number of fused-ring (bicyclic) bond motifs is 9. The number of thioether (sulfide) groups is 1. The summed E-state index contributed by atoms with van der Waals surface area (Å²) in [4.78, 5) is 42.3. The van der Waals surface area contributed by atoms with Crippen LogP contribution in [0.4, 0.5) is 0 Å². The van der Waals surface area contributed by atoms with E-state index in [1.54, 1.807) is 6.92 Å². The molecular formula is C31H31N3O9S. The van der Waals surface area contributed by atoms with Crippen molar-refractivity contribution < 1.29 is 43.2 Å². The third-order valence-corrected chi connectivity index (χ3v) is 10.8. The number of aryl methyl sites for hydroxylation is 1. The molecule has 0 unspecified atom stereocenters. The lowest BCUT2D eigenvalue weighted by Crippen LogP contribution is -2.69. The van der Waals surface area contributed by atoms with Crippen molar-refractivity contribution >= 4 is 29.5 Å². The maximum Gasteiger partial charge on any atom is 0.375 e. The molecule has 0 aromatic heterocycles. The number of benzene rings is 2. The van der Waals surface area contributed by atoms with Crippen LogP contribution in [0.25, 0.3) is 0 Å². The number of nitriles is 1. The zero-order chi connectivity index (χ0) is 31.2. The number of cyclic esters (lactones) is 1. The second-order valence-electron chi connectivity index (χ2n) is 11.8. The van der Waals surface area contributed by atoms with Crippen LogP contribution in [0.15, 0.2) is 6.07 Å². The Balaban J connectivity index is 1.57. The molecule has 12 nitrogen and oxygen atoms in total. The Morgan fingerprint density at radius 3 is 2.59 bits per heavy atom. The first-order valence-electron chi connectivity index (χ1n) is 14.3. The number of rotatable bonds is 2. The first-order valence-corrected chi connectivity index (χ1v) is 15.4. The largest absolute Gasteiger partial charge is 0.504 e. The molecule has 6 atom stereocenters. The predicted octanol–water partition coefficient (Wildman–Crippen LogP) is 2.80. The summed E-state index contributed by atoms with van der Waals surface area (Å²) < 4.78 is 29.0. The molecule has 230 valence electrons. The van der Waals surface area contributed by atoms with Gasteiger partial charge in [-0.3, -0.25) is 19.4 Å². The SMILES string of the molecule is COc1c(C)cc2c(c1O)[C@@H]1[C@@H]3[C@H]4SCC(=O)C(=O)OC[C@@H](c5c6c(c(C)c(OC(C)=O)c54)OCO6)N3[C@@H](C#N)[C@H](C2)N1C. The molecule has 2 fully saturated rings. The van der Waals surface area contributed by atoms with Gasteiger partial charge in [-0.25, -0.2) is 4.79 Å². The van der Waals surface area contributed by atoms with E-state index in [1.807, 2.05) is 20.0 Å². The third-order valence-electron chi connectivity index (χ3n) is 9.54.